The Morgan fingerprint density at radius 2 is 2.35 bits per heavy atom. The summed E-state index contributed by atoms with van der Waals surface area (Å²) in [5.74, 6) is 0.161. The summed E-state index contributed by atoms with van der Waals surface area (Å²) < 4.78 is 0. The lowest BCUT2D eigenvalue weighted by atomic mass is 9.71. The summed E-state index contributed by atoms with van der Waals surface area (Å²) >= 11 is 0. The van der Waals surface area contributed by atoms with E-state index < -0.39 is 5.92 Å². The number of nitrogens with one attached hydrogen (secondary N) is 2. The van der Waals surface area contributed by atoms with Crippen LogP contribution in [0, 0.1) is 23.2 Å². The molecule has 5 heteroatoms. The topological polar surface area (TPSA) is 71.9 Å². The molecule has 4 rings (SSSR count). The van der Waals surface area contributed by atoms with Crippen LogP contribution in [0.15, 0.2) is 24.4 Å². The van der Waals surface area contributed by atoms with Crippen LogP contribution in [0.2, 0.25) is 0 Å². The summed E-state index contributed by atoms with van der Waals surface area (Å²) in [6.07, 6.45) is 4.93. The van der Waals surface area contributed by atoms with Gasteiger partial charge in [0.15, 0.2) is 0 Å². The van der Waals surface area contributed by atoms with Gasteiger partial charge in [0.25, 0.3) is 0 Å². The molecule has 1 aliphatic heterocycles. The molecule has 136 valence electrons. The third-order valence-corrected chi connectivity index (χ3v) is 6.20. The molecule has 1 aromatic carbocycles. The zero-order valence-electron chi connectivity index (χ0n) is 15.5. The number of carbonyl (C=O) groups is 1. The van der Waals surface area contributed by atoms with Gasteiger partial charge in [-0.15, -0.1) is 0 Å². The van der Waals surface area contributed by atoms with E-state index in [0.717, 1.165) is 19.4 Å². The first kappa shape index (κ1) is 17.1. The molecule has 0 radical (unpaired) electrons. The minimum atomic E-state index is -0.549. The largest absolute Gasteiger partial charge is 0.361 e. The molecule has 5 nitrogen and oxygen atoms in total. The van der Waals surface area contributed by atoms with Gasteiger partial charge in [-0.2, -0.15) is 5.26 Å². The molecule has 2 N–H and O–H groups in total. The zero-order chi connectivity index (χ0) is 18.3. The fourth-order valence-electron chi connectivity index (χ4n) is 5.07. The van der Waals surface area contributed by atoms with E-state index in [4.69, 9.17) is 0 Å². The van der Waals surface area contributed by atoms with E-state index in [1.54, 1.807) is 0 Å². The number of nitriles is 1. The number of hydrogen-bond acceptors (Lipinski definition) is 3. The Bertz CT molecular complexity index is 865. The van der Waals surface area contributed by atoms with Crippen molar-refractivity contribution < 1.29 is 4.79 Å². The Labute approximate surface area is 154 Å². The predicted molar refractivity (Wildman–Crippen MR) is 102 cm³/mol. The van der Waals surface area contributed by atoms with Crippen LogP contribution in [0.5, 0.6) is 0 Å². The second-order valence-corrected chi connectivity index (χ2v) is 7.81. The number of likely N-dealkylation sites (N-methyl/N-ethyl adjacent to an activating group) is 1. The number of H-pyrrole nitrogens is 1. The van der Waals surface area contributed by atoms with Crippen LogP contribution in [0.4, 0.5) is 0 Å². The van der Waals surface area contributed by atoms with E-state index in [1.165, 1.54) is 22.0 Å². The number of benzene rings is 1. The van der Waals surface area contributed by atoms with Gasteiger partial charge in [0.1, 0.15) is 5.92 Å². The Hall–Kier alpha value is -2.32. The Kier molecular flexibility index (Phi) is 4.46. The molecule has 2 aromatic rings. The first-order chi connectivity index (χ1) is 12.6. The number of amides is 1. The fraction of sp³-hybridized carbons (Fsp3) is 0.524. The SMILES string of the molecule is CCNC(=O)C(C#N)C[C@@H]1CC2c3cccc4[nH]cc(c34)C[C@H]2N(C)C1. The van der Waals surface area contributed by atoms with Crippen LogP contribution < -0.4 is 5.32 Å². The molecule has 0 saturated carbocycles. The number of rotatable bonds is 4. The van der Waals surface area contributed by atoms with Crippen molar-refractivity contribution in [1.82, 2.24) is 15.2 Å². The van der Waals surface area contributed by atoms with Crippen molar-refractivity contribution in [2.45, 2.75) is 38.1 Å². The molecule has 1 saturated heterocycles. The lowest BCUT2D eigenvalue weighted by molar-refractivity contribution is -0.123. The number of hydrogen-bond donors (Lipinski definition) is 2. The predicted octanol–water partition coefficient (Wildman–Crippen LogP) is 2.79. The molecule has 0 bridgehead atoms. The standard InChI is InChI=1S/C21H26N4O/c1-3-23-21(26)14(10-22)7-13-8-17-16-5-4-6-18-20(16)15(11-24-18)9-19(17)25(2)12-13/h4-6,11,13-14,17,19,24H,3,7-9,12H2,1-2H3,(H,23,26)/t13-,14?,17?,19-/m1/s1. The quantitative estimate of drug-likeness (QED) is 0.891. The van der Waals surface area contributed by atoms with Gasteiger partial charge in [-0.05, 0) is 56.3 Å². The van der Waals surface area contributed by atoms with Crippen LogP contribution >= 0.6 is 0 Å². The van der Waals surface area contributed by atoms with Crippen molar-refractivity contribution in [2.24, 2.45) is 11.8 Å². The monoisotopic (exact) mass is 350 g/mol. The van der Waals surface area contributed by atoms with E-state index in [-0.39, 0.29) is 5.91 Å². The average molecular weight is 350 g/mol. The number of piperidine rings is 1. The molecule has 1 amide bonds. The highest BCUT2D eigenvalue weighted by Gasteiger charge is 2.40. The Balaban J connectivity index is 1.59. The molecular formula is C21H26N4O. The van der Waals surface area contributed by atoms with Gasteiger partial charge in [-0.1, -0.05) is 12.1 Å². The van der Waals surface area contributed by atoms with E-state index in [2.05, 4.69) is 52.7 Å². The van der Waals surface area contributed by atoms with E-state index in [9.17, 15) is 10.1 Å². The molecule has 1 aliphatic carbocycles. The number of carbonyl (C=O) groups excluding carboxylic acids is 1. The normalized spacial score (nSPS) is 26.1. The lowest BCUT2D eigenvalue weighted by Gasteiger charge is -2.46. The zero-order valence-corrected chi connectivity index (χ0v) is 15.5. The highest BCUT2D eigenvalue weighted by atomic mass is 16.1. The van der Waals surface area contributed by atoms with Gasteiger partial charge in [-0.3, -0.25) is 4.79 Å². The Morgan fingerprint density at radius 1 is 1.50 bits per heavy atom. The molecule has 26 heavy (non-hydrogen) atoms. The third kappa shape index (κ3) is 2.79. The van der Waals surface area contributed by atoms with Crippen molar-refractivity contribution in [3.8, 4) is 6.07 Å². The second-order valence-electron chi connectivity index (χ2n) is 7.81. The summed E-state index contributed by atoms with van der Waals surface area (Å²) in [5, 5.41) is 13.6. The molecule has 2 heterocycles. The molecule has 2 unspecified atom stereocenters. The highest BCUT2D eigenvalue weighted by molar-refractivity contribution is 5.88. The van der Waals surface area contributed by atoms with E-state index >= 15 is 0 Å². The smallest absolute Gasteiger partial charge is 0.237 e. The number of likely N-dealkylation sites (tertiary alicyclic amines) is 1. The summed E-state index contributed by atoms with van der Waals surface area (Å²) in [4.78, 5) is 18.0. The second kappa shape index (κ2) is 6.77. The highest BCUT2D eigenvalue weighted by Crippen LogP contribution is 2.45. The van der Waals surface area contributed by atoms with Crippen molar-refractivity contribution in [3.63, 3.8) is 0 Å². The van der Waals surface area contributed by atoms with Gasteiger partial charge in [0, 0.05) is 42.1 Å². The molecule has 1 aromatic heterocycles. The summed E-state index contributed by atoms with van der Waals surface area (Å²) in [6, 6.07) is 9.27. The molecule has 4 atom stereocenters. The van der Waals surface area contributed by atoms with Crippen LogP contribution in [0.1, 0.15) is 36.8 Å². The lowest BCUT2D eigenvalue weighted by Crippen LogP contribution is -2.48. The minimum Gasteiger partial charge on any atom is -0.361 e. The minimum absolute atomic E-state index is 0.126. The summed E-state index contributed by atoms with van der Waals surface area (Å²) in [6.45, 7) is 3.42. The van der Waals surface area contributed by atoms with Gasteiger partial charge >= 0.3 is 0 Å². The maximum Gasteiger partial charge on any atom is 0.237 e. The molecule has 2 aliphatic rings. The molecular weight excluding hydrogens is 324 g/mol. The van der Waals surface area contributed by atoms with Gasteiger partial charge in [-0.25, -0.2) is 0 Å². The van der Waals surface area contributed by atoms with Crippen molar-refractivity contribution >= 4 is 16.8 Å². The maximum atomic E-state index is 12.1. The number of aromatic amines is 1. The fourth-order valence-corrected chi connectivity index (χ4v) is 5.07. The maximum absolute atomic E-state index is 12.1. The van der Waals surface area contributed by atoms with Crippen molar-refractivity contribution in [2.75, 3.05) is 20.1 Å². The first-order valence-electron chi connectivity index (χ1n) is 9.58. The van der Waals surface area contributed by atoms with Gasteiger partial charge in [0.05, 0.1) is 6.07 Å². The summed E-state index contributed by atoms with van der Waals surface area (Å²) in [7, 11) is 2.19. The van der Waals surface area contributed by atoms with Crippen LogP contribution in [0.3, 0.4) is 0 Å². The third-order valence-electron chi connectivity index (χ3n) is 6.20. The number of aromatic nitrogens is 1. The Morgan fingerprint density at radius 3 is 3.12 bits per heavy atom. The first-order valence-corrected chi connectivity index (χ1v) is 9.58. The van der Waals surface area contributed by atoms with Gasteiger partial charge < -0.3 is 15.2 Å². The number of fused-ring (bicyclic) bond motifs is 2. The number of nitrogens with zero attached hydrogens (tertiary/aromatic N) is 2. The summed E-state index contributed by atoms with van der Waals surface area (Å²) in [5.41, 5.74) is 4.07. The molecule has 0 spiro atoms. The van der Waals surface area contributed by atoms with Crippen LogP contribution in [-0.2, 0) is 11.2 Å². The van der Waals surface area contributed by atoms with Gasteiger partial charge in [0.2, 0.25) is 5.91 Å². The van der Waals surface area contributed by atoms with Crippen LogP contribution in [0.25, 0.3) is 10.9 Å². The van der Waals surface area contributed by atoms with E-state index in [0.29, 0.717) is 30.8 Å². The van der Waals surface area contributed by atoms with Crippen LogP contribution in [-0.4, -0.2) is 42.0 Å². The molecule has 1 fully saturated rings. The average Bonchev–Trinajstić information content (AvgIpc) is 3.05. The van der Waals surface area contributed by atoms with Crippen molar-refractivity contribution in [1.29, 1.82) is 5.26 Å². The van der Waals surface area contributed by atoms with E-state index in [1.807, 2.05) is 6.92 Å². The van der Waals surface area contributed by atoms with Crippen molar-refractivity contribution in [3.05, 3.63) is 35.5 Å².